The molecule has 0 aromatic heterocycles. The van der Waals surface area contributed by atoms with Crippen molar-refractivity contribution < 1.29 is 21.6 Å². The summed E-state index contributed by atoms with van der Waals surface area (Å²) in [5.41, 5.74) is 5.94. The summed E-state index contributed by atoms with van der Waals surface area (Å²) in [7, 11) is -4.31. The molecule has 7 heteroatoms. The van der Waals surface area contributed by atoms with Crippen LogP contribution in [0, 0.1) is 0 Å². The van der Waals surface area contributed by atoms with Gasteiger partial charge in [0, 0.05) is 6.54 Å². The van der Waals surface area contributed by atoms with E-state index < -0.39 is 21.8 Å². The minimum Gasteiger partial charge on any atom is -0.326 e. The average Bonchev–Trinajstić information content (AvgIpc) is 2.14. The van der Waals surface area contributed by atoms with Gasteiger partial charge in [-0.15, -0.1) is 0 Å². The highest BCUT2D eigenvalue weighted by Crippen LogP contribution is 2.22. The van der Waals surface area contributed by atoms with E-state index in [2.05, 4.69) is 0 Å². The summed E-state index contributed by atoms with van der Waals surface area (Å²) >= 11 is 0. The molecule has 0 amide bonds. The normalized spacial score (nSPS) is 12.8. The van der Waals surface area contributed by atoms with Crippen LogP contribution in [0.1, 0.15) is 5.56 Å². The highest BCUT2D eigenvalue weighted by Gasteiger charge is 2.35. The van der Waals surface area contributed by atoms with Gasteiger partial charge in [-0.25, -0.2) is 8.42 Å². The van der Waals surface area contributed by atoms with E-state index in [0.717, 1.165) is 12.1 Å². The summed E-state index contributed by atoms with van der Waals surface area (Å²) in [4.78, 5) is -0.345. The third kappa shape index (κ3) is 3.49. The second kappa shape index (κ2) is 4.42. The van der Waals surface area contributed by atoms with E-state index in [0.29, 0.717) is 5.56 Å². The molecular weight excluding hydrogens is 243 g/mol. The molecule has 1 rings (SSSR count). The molecule has 0 aliphatic carbocycles. The summed E-state index contributed by atoms with van der Waals surface area (Å²) in [6.45, 7) is 0.208. The topological polar surface area (TPSA) is 60.2 Å². The SMILES string of the molecule is NCc1ccc(S(=O)(=O)CC(F)(F)F)cc1. The van der Waals surface area contributed by atoms with Crippen molar-refractivity contribution in [3.8, 4) is 0 Å². The summed E-state index contributed by atoms with van der Waals surface area (Å²) < 4.78 is 58.5. The quantitative estimate of drug-likeness (QED) is 0.887. The van der Waals surface area contributed by atoms with E-state index in [1.54, 1.807) is 0 Å². The minimum atomic E-state index is -4.73. The summed E-state index contributed by atoms with van der Waals surface area (Å²) in [5.74, 6) is -1.85. The van der Waals surface area contributed by atoms with Gasteiger partial charge >= 0.3 is 6.18 Å². The highest BCUT2D eigenvalue weighted by atomic mass is 32.2. The van der Waals surface area contributed by atoms with Crippen molar-refractivity contribution in [2.75, 3.05) is 5.75 Å². The molecule has 0 radical (unpaired) electrons. The number of hydrogen-bond donors (Lipinski definition) is 1. The molecule has 0 saturated heterocycles. The van der Waals surface area contributed by atoms with Crippen LogP contribution in [0.5, 0.6) is 0 Å². The van der Waals surface area contributed by atoms with Crippen LogP contribution >= 0.6 is 0 Å². The summed E-state index contributed by atoms with van der Waals surface area (Å²) in [6.07, 6.45) is -4.73. The predicted octanol–water partition coefficient (Wildman–Crippen LogP) is 1.48. The molecule has 1 aromatic rings. The first-order chi connectivity index (χ1) is 7.24. The molecule has 2 N–H and O–H groups in total. The maximum atomic E-state index is 12.0. The van der Waals surface area contributed by atoms with Crippen LogP contribution in [0.15, 0.2) is 29.2 Å². The Labute approximate surface area is 91.0 Å². The van der Waals surface area contributed by atoms with Crippen LogP contribution < -0.4 is 5.73 Å². The Morgan fingerprint density at radius 3 is 2.00 bits per heavy atom. The molecule has 3 nitrogen and oxygen atoms in total. The lowest BCUT2D eigenvalue weighted by Gasteiger charge is -2.08. The fourth-order valence-electron chi connectivity index (χ4n) is 1.13. The van der Waals surface area contributed by atoms with Crippen molar-refractivity contribution in [2.45, 2.75) is 17.6 Å². The van der Waals surface area contributed by atoms with Crippen molar-refractivity contribution in [3.05, 3.63) is 29.8 Å². The monoisotopic (exact) mass is 253 g/mol. The first-order valence-corrected chi connectivity index (χ1v) is 5.98. The van der Waals surface area contributed by atoms with Crippen LogP contribution in [-0.4, -0.2) is 20.3 Å². The predicted molar refractivity (Wildman–Crippen MR) is 52.4 cm³/mol. The van der Waals surface area contributed by atoms with Gasteiger partial charge in [0.15, 0.2) is 15.6 Å². The van der Waals surface area contributed by atoms with Gasteiger partial charge in [-0.1, -0.05) is 12.1 Å². The van der Waals surface area contributed by atoms with Crippen LogP contribution in [0.4, 0.5) is 13.2 Å². The van der Waals surface area contributed by atoms with Crippen LogP contribution in [-0.2, 0) is 16.4 Å². The zero-order valence-corrected chi connectivity index (χ0v) is 8.98. The second-order valence-electron chi connectivity index (χ2n) is 3.22. The Bertz CT molecular complexity index is 451. The standard InChI is InChI=1S/C9H10F3NO2S/c10-9(11,12)6-16(14,15)8-3-1-7(5-13)2-4-8/h1-4H,5-6,13H2. The number of nitrogens with two attached hydrogens (primary N) is 1. The third-order valence-electron chi connectivity index (χ3n) is 1.87. The smallest absolute Gasteiger partial charge is 0.326 e. The van der Waals surface area contributed by atoms with E-state index in [4.69, 9.17) is 5.73 Å². The summed E-state index contributed by atoms with van der Waals surface area (Å²) in [5, 5.41) is 0. The van der Waals surface area contributed by atoms with E-state index in [1.807, 2.05) is 0 Å². The van der Waals surface area contributed by atoms with Crippen LogP contribution in [0.3, 0.4) is 0 Å². The van der Waals surface area contributed by atoms with E-state index in [9.17, 15) is 21.6 Å². The zero-order chi connectivity index (χ0) is 12.4. The molecule has 0 saturated carbocycles. The molecule has 0 aliphatic rings. The third-order valence-corrected chi connectivity index (χ3v) is 3.57. The molecular formula is C9H10F3NO2S. The van der Waals surface area contributed by atoms with E-state index >= 15 is 0 Å². The molecule has 0 aliphatic heterocycles. The lowest BCUT2D eigenvalue weighted by Crippen LogP contribution is -2.22. The molecule has 90 valence electrons. The highest BCUT2D eigenvalue weighted by molar-refractivity contribution is 7.91. The maximum absolute atomic E-state index is 12.0. The Morgan fingerprint density at radius 2 is 1.62 bits per heavy atom. The van der Waals surface area contributed by atoms with Gasteiger partial charge in [-0.2, -0.15) is 13.2 Å². The first kappa shape index (κ1) is 13.0. The van der Waals surface area contributed by atoms with Gasteiger partial charge in [0.05, 0.1) is 4.90 Å². The number of rotatable bonds is 3. The molecule has 1 aromatic carbocycles. The largest absolute Gasteiger partial charge is 0.403 e. The fraction of sp³-hybridized carbons (Fsp3) is 0.333. The number of sulfone groups is 1. The lowest BCUT2D eigenvalue weighted by atomic mass is 10.2. The minimum absolute atomic E-state index is 0.208. The molecule has 0 spiro atoms. The van der Waals surface area contributed by atoms with E-state index in [-0.39, 0.29) is 11.4 Å². The van der Waals surface area contributed by atoms with Crippen molar-refractivity contribution in [2.24, 2.45) is 5.73 Å². The first-order valence-electron chi connectivity index (χ1n) is 4.33. The van der Waals surface area contributed by atoms with Gasteiger partial charge in [0.1, 0.15) is 0 Å². The Morgan fingerprint density at radius 1 is 1.12 bits per heavy atom. The van der Waals surface area contributed by atoms with Crippen molar-refractivity contribution in [3.63, 3.8) is 0 Å². The molecule has 16 heavy (non-hydrogen) atoms. The van der Waals surface area contributed by atoms with Crippen molar-refractivity contribution in [1.82, 2.24) is 0 Å². The maximum Gasteiger partial charge on any atom is 0.403 e. The molecule has 0 bridgehead atoms. The van der Waals surface area contributed by atoms with Gasteiger partial charge < -0.3 is 5.73 Å². The molecule has 0 unspecified atom stereocenters. The van der Waals surface area contributed by atoms with Crippen molar-refractivity contribution in [1.29, 1.82) is 0 Å². The Balaban J connectivity index is 2.99. The molecule has 0 heterocycles. The van der Waals surface area contributed by atoms with Crippen LogP contribution in [0.2, 0.25) is 0 Å². The molecule has 0 fully saturated rings. The van der Waals surface area contributed by atoms with Crippen LogP contribution in [0.25, 0.3) is 0 Å². The number of benzene rings is 1. The Hall–Kier alpha value is -1.08. The van der Waals surface area contributed by atoms with Gasteiger partial charge in [0.2, 0.25) is 0 Å². The van der Waals surface area contributed by atoms with E-state index in [1.165, 1.54) is 12.1 Å². The summed E-state index contributed by atoms with van der Waals surface area (Å²) in [6, 6.07) is 5.04. The van der Waals surface area contributed by atoms with Gasteiger partial charge in [-0.05, 0) is 17.7 Å². The fourth-order valence-corrected chi connectivity index (χ4v) is 2.28. The number of hydrogen-bond acceptors (Lipinski definition) is 3. The number of alkyl halides is 3. The average molecular weight is 253 g/mol. The second-order valence-corrected chi connectivity index (χ2v) is 5.21. The number of halogens is 3. The molecule has 0 atom stereocenters. The lowest BCUT2D eigenvalue weighted by molar-refractivity contribution is -0.106. The van der Waals surface area contributed by atoms with Gasteiger partial charge in [0.25, 0.3) is 0 Å². The van der Waals surface area contributed by atoms with Crippen molar-refractivity contribution >= 4 is 9.84 Å². The van der Waals surface area contributed by atoms with Gasteiger partial charge in [-0.3, -0.25) is 0 Å². The zero-order valence-electron chi connectivity index (χ0n) is 8.16. The Kier molecular flexibility index (Phi) is 3.59.